The van der Waals surface area contributed by atoms with Gasteiger partial charge in [-0.2, -0.15) is 0 Å². The molecule has 2 rings (SSSR count). The largest absolute Gasteiger partial charge is 0.480 e. The molecule has 0 aliphatic rings. The molecule has 2 N–H and O–H groups in total. The van der Waals surface area contributed by atoms with Crippen LogP contribution in [0.2, 0.25) is 0 Å². The van der Waals surface area contributed by atoms with Gasteiger partial charge in [0.2, 0.25) is 0 Å². The molecule has 0 aliphatic heterocycles. The normalized spacial score (nSPS) is 12.3. The molecule has 0 bridgehead atoms. The Morgan fingerprint density at radius 3 is 1.80 bits per heavy atom. The minimum absolute atomic E-state index is 0.113. The van der Waals surface area contributed by atoms with E-state index in [1.807, 2.05) is 67.6 Å². The van der Waals surface area contributed by atoms with Gasteiger partial charge in [-0.1, -0.05) is 67.6 Å². The summed E-state index contributed by atoms with van der Waals surface area (Å²) in [4.78, 5) is 11.3. The highest BCUT2D eigenvalue weighted by Gasteiger charge is 2.21. The molecule has 0 saturated carbocycles. The van der Waals surface area contributed by atoms with Gasteiger partial charge < -0.3 is 5.11 Å². The van der Waals surface area contributed by atoms with Crippen molar-refractivity contribution in [2.45, 2.75) is 25.4 Å². The maximum absolute atomic E-state index is 11.3. The number of benzene rings is 2. The lowest BCUT2D eigenvalue weighted by molar-refractivity contribution is -0.139. The molecule has 2 aromatic carbocycles. The number of carboxylic acid groups (broad SMARTS) is 1. The molecule has 0 aromatic heterocycles. The van der Waals surface area contributed by atoms with E-state index in [1.165, 1.54) is 0 Å². The third kappa shape index (κ3) is 3.45. The van der Waals surface area contributed by atoms with Crippen LogP contribution in [0, 0.1) is 0 Å². The van der Waals surface area contributed by atoms with Gasteiger partial charge in [-0.05, 0) is 17.5 Å². The van der Waals surface area contributed by atoms with Gasteiger partial charge in [0.05, 0.1) is 6.04 Å². The second kappa shape index (κ2) is 6.87. The number of hydrogen-bond acceptors (Lipinski definition) is 2. The van der Waals surface area contributed by atoms with Gasteiger partial charge in [-0.25, -0.2) is 0 Å². The number of aliphatic carboxylic acids is 1. The van der Waals surface area contributed by atoms with Crippen molar-refractivity contribution >= 4 is 5.97 Å². The summed E-state index contributed by atoms with van der Waals surface area (Å²) < 4.78 is 0. The van der Waals surface area contributed by atoms with Gasteiger partial charge in [0.1, 0.15) is 6.04 Å². The first-order valence-corrected chi connectivity index (χ1v) is 6.81. The number of hydrogen-bond donors (Lipinski definition) is 2. The lowest BCUT2D eigenvalue weighted by Crippen LogP contribution is -2.39. The van der Waals surface area contributed by atoms with Crippen LogP contribution in [-0.4, -0.2) is 17.1 Å². The first-order chi connectivity index (χ1) is 9.72. The first-order valence-electron chi connectivity index (χ1n) is 6.81. The molecule has 3 nitrogen and oxygen atoms in total. The van der Waals surface area contributed by atoms with Crippen LogP contribution in [0.3, 0.4) is 0 Å². The Morgan fingerprint density at radius 2 is 1.45 bits per heavy atom. The lowest BCUT2D eigenvalue weighted by atomic mass is 9.97. The molecule has 0 saturated heterocycles. The summed E-state index contributed by atoms with van der Waals surface area (Å²) in [6, 6.07) is 19.2. The quantitative estimate of drug-likeness (QED) is 0.846. The van der Waals surface area contributed by atoms with Crippen molar-refractivity contribution < 1.29 is 9.90 Å². The highest BCUT2D eigenvalue weighted by molar-refractivity contribution is 5.73. The minimum Gasteiger partial charge on any atom is -0.480 e. The van der Waals surface area contributed by atoms with E-state index in [2.05, 4.69) is 5.32 Å². The van der Waals surface area contributed by atoms with Crippen molar-refractivity contribution in [2.24, 2.45) is 0 Å². The summed E-state index contributed by atoms with van der Waals surface area (Å²) >= 11 is 0. The zero-order valence-electron chi connectivity index (χ0n) is 11.5. The summed E-state index contributed by atoms with van der Waals surface area (Å²) in [5.74, 6) is -0.815. The van der Waals surface area contributed by atoms with Crippen LogP contribution in [0.15, 0.2) is 60.7 Å². The van der Waals surface area contributed by atoms with Crippen molar-refractivity contribution in [1.29, 1.82) is 0 Å². The number of carboxylic acids is 1. The zero-order valence-corrected chi connectivity index (χ0v) is 11.5. The predicted octanol–water partition coefficient (Wildman–Crippen LogP) is 3.23. The summed E-state index contributed by atoms with van der Waals surface area (Å²) in [7, 11) is 0. The lowest BCUT2D eigenvalue weighted by Gasteiger charge is -2.23. The molecule has 20 heavy (non-hydrogen) atoms. The number of nitrogens with one attached hydrogen (secondary N) is 1. The fourth-order valence-electron chi connectivity index (χ4n) is 2.24. The molecule has 0 amide bonds. The van der Waals surface area contributed by atoms with Gasteiger partial charge in [-0.15, -0.1) is 0 Å². The predicted molar refractivity (Wildman–Crippen MR) is 79.6 cm³/mol. The van der Waals surface area contributed by atoms with E-state index in [0.29, 0.717) is 6.42 Å². The molecule has 0 aliphatic carbocycles. The molecule has 2 aromatic rings. The highest BCUT2D eigenvalue weighted by atomic mass is 16.4. The molecular weight excluding hydrogens is 250 g/mol. The summed E-state index contributed by atoms with van der Waals surface area (Å²) in [5.41, 5.74) is 2.14. The topological polar surface area (TPSA) is 49.3 Å². The number of carbonyl (C=O) groups is 1. The minimum atomic E-state index is -0.815. The van der Waals surface area contributed by atoms with Crippen LogP contribution in [0.1, 0.15) is 30.5 Å². The second-order valence-electron chi connectivity index (χ2n) is 4.72. The van der Waals surface area contributed by atoms with Crippen molar-refractivity contribution in [3.05, 3.63) is 71.8 Å². The highest BCUT2D eigenvalue weighted by Crippen LogP contribution is 2.22. The van der Waals surface area contributed by atoms with Crippen molar-refractivity contribution in [1.82, 2.24) is 5.32 Å². The first kappa shape index (κ1) is 14.3. The van der Waals surface area contributed by atoms with E-state index in [-0.39, 0.29) is 6.04 Å². The van der Waals surface area contributed by atoms with Crippen LogP contribution >= 0.6 is 0 Å². The molecule has 0 fully saturated rings. The van der Waals surface area contributed by atoms with Crippen LogP contribution < -0.4 is 5.32 Å². The Morgan fingerprint density at radius 1 is 1.00 bits per heavy atom. The molecule has 104 valence electrons. The zero-order chi connectivity index (χ0) is 14.4. The molecule has 3 heteroatoms. The fourth-order valence-corrected chi connectivity index (χ4v) is 2.24. The SMILES string of the molecule is CCC(NC(c1ccccc1)c1ccccc1)C(=O)O. The standard InChI is InChI=1S/C17H19NO2/c1-2-15(17(19)20)18-16(13-9-5-3-6-10-13)14-11-7-4-8-12-14/h3-12,15-16,18H,2H2,1H3,(H,19,20). The van der Waals surface area contributed by atoms with Crippen LogP contribution in [0.5, 0.6) is 0 Å². The maximum atomic E-state index is 11.3. The van der Waals surface area contributed by atoms with E-state index in [4.69, 9.17) is 0 Å². The van der Waals surface area contributed by atoms with Gasteiger partial charge >= 0.3 is 5.97 Å². The van der Waals surface area contributed by atoms with Gasteiger partial charge in [0.15, 0.2) is 0 Å². The number of rotatable bonds is 6. The van der Waals surface area contributed by atoms with E-state index >= 15 is 0 Å². The molecule has 0 radical (unpaired) electrons. The second-order valence-corrected chi connectivity index (χ2v) is 4.72. The smallest absolute Gasteiger partial charge is 0.320 e. The van der Waals surface area contributed by atoms with E-state index in [0.717, 1.165) is 11.1 Å². The van der Waals surface area contributed by atoms with Crippen LogP contribution in [0.25, 0.3) is 0 Å². The van der Waals surface area contributed by atoms with E-state index in [9.17, 15) is 9.90 Å². The molecule has 1 atom stereocenters. The Labute approximate surface area is 119 Å². The monoisotopic (exact) mass is 269 g/mol. The van der Waals surface area contributed by atoms with E-state index < -0.39 is 12.0 Å². The molecule has 0 heterocycles. The van der Waals surface area contributed by atoms with Crippen molar-refractivity contribution in [3.63, 3.8) is 0 Å². The summed E-state index contributed by atoms with van der Waals surface area (Å²) in [5, 5.41) is 12.5. The van der Waals surface area contributed by atoms with Gasteiger partial charge in [-0.3, -0.25) is 10.1 Å². The Kier molecular flexibility index (Phi) is 4.91. The average molecular weight is 269 g/mol. The summed E-state index contributed by atoms with van der Waals surface area (Å²) in [6.07, 6.45) is 0.547. The molecular formula is C17H19NO2. The third-order valence-corrected chi connectivity index (χ3v) is 3.34. The van der Waals surface area contributed by atoms with Gasteiger partial charge in [0, 0.05) is 0 Å². The van der Waals surface area contributed by atoms with Crippen LogP contribution in [-0.2, 0) is 4.79 Å². The Bertz CT molecular complexity index is 500. The fraction of sp³-hybridized carbons (Fsp3) is 0.235. The van der Waals surface area contributed by atoms with Crippen molar-refractivity contribution in [2.75, 3.05) is 0 Å². The molecule has 1 unspecified atom stereocenters. The van der Waals surface area contributed by atoms with Crippen LogP contribution in [0.4, 0.5) is 0 Å². The van der Waals surface area contributed by atoms with Gasteiger partial charge in [0.25, 0.3) is 0 Å². The Balaban J connectivity index is 2.32. The summed E-state index contributed by atoms with van der Waals surface area (Å²) in [6.45, 7) is 1.87. The molecule has 0 spiro atoms. The Hall–Kier alpha value is -2.13. The van der Waals surface area contributed by atoms with Crippen molar-refractivity contribution in [3.8, 4) is 0 Å². The maximum Gasteiger partial charge on any atom is 0.320 e. The third-order valence-electron chi connectivity index (χ3n) is 3.34. The van der Waals surface area contributed by atoms with E-state index in [1.54, 1.807) is 0 Å². The average Bonchev–Trinajstić information content (AvgIpc) is 2.50.